The molecule has 0 bridgehead atoms. The minimum Gasteiger partial charge on any atom is -0.293 e. The van der Waals surface area contributed by atoms with Crippen molar-refractivity contribution in [3.05, 3.63) is 64.7 Å². The van der Waals surface area contributed by atoms with Gasteiger partial charge in [0.05, 0.1) is 10.8 Å². The summed E-state index contributed by atoms with van der Waals surface area (Å²) in [6.07, 6.45) is 0. The molecule has 2 rings (SSSR count). The highest BCUT2D eigenvalue weighted by molar-refractivity contribution is 8.00. The van der Waals surface area contributed by atoms with Crippen molar-refractivity contribution in [1.29, 1.82) is 0 Å². The summed E-state index contributed by atoms with van der Waals surface area (Å²) in [5.41, 5.74) is 0.144. The summed E-state index contributed by atoms with van der Waals surface area (Å²) in [4.78, 5) is 12.5. The highest BCUT2D eigenvalue weighted by Crippen LogP contribution is 2.23. The number of carbonyl (C=O) groups excluding carboxylic acids is 1. The molecule has 2 aromatic rings. The van der Waals surface area contributed by atoms with Gasteiger partial charge in [0.25, 0.3) is 0 Å². The molecule has 0 aliphatic heterocycles. The highest BCUT2D eigenvalue weighted by atomic mass is 35.5. The molecule has 19 heavy (non-hydrogen) atoms. The molecule has 0 atom stereocenters. The lowest BCUT2D eigenvalue weighted by Gasteiger charge is -2.04. The number of hydrogen-bond donors (Lipinski definition) is 0. The number of halogens is 3. The fourth-order valence-electron chi connectivity index (χ4n) is 1.49. The predicted octanol–water partition coefficient (Wildman–Crippen LogP) is 4.59. The van der Waals surface area contributed by atoms with Crippen LogP contribution >= 0.6 is 23.4 Å². The molecule has 0 aliphatic carbocycles. The van der Waals surface area contributed by atoms with Crippen molar-refractivity contribution in [2.45, 2.75) is 4.90 Å². The van der Waals surface area contributed by atoms with E-state index in [1.165, 1.54) is 36.0 Å². The zero-order valence-electron chi connectivity index (χ0n) is 9.70. The first-order chi connectivity index (χ1) is 9.06. The van der Waals surface area contributed by atoms with Crippen molar-refractivity contribution < 1.29 is 13.6 Å². The Bertz CT molecular complexity index is 616. The van der Waals surface area contributed by atoms with E-state index in [-0.39, 0.29) is 27.9 Å². The minimum atomic E-state index is -0.511. The number of carbonyl (C=O) groups is 1. The van der Waals surface area contributed by atoms with Crippen LogP contribution in [0.5, 0.6) is 0 Å². The third-order valence-electron chi connectivity index (χ3n) is 2.39. The van der Waals surface area contributed by atoms with E-state index < -0.39 is 5.82 Å². The van der Waals surface area contributed by atoms with Crippen LogP contribution in [-0.2, 0) is 0 Å². The average Bonchev–Trinajstić information content (AvgIpc) is 2.39. The fourth-order valence-corrected chi connectivity index (χ4v) is 2.54. The van der Waals surface area contributed by atoms with Crippen molar-refractivity contribution >= 4 is 29.1 Å². The number of thioether (sulfide) groups is 1. The number of benzene rings is 2. The first kappa shape index (κ1) is 14.0. The van der Waals surface area contributed by atoms with Gasteiger partial charge in [-0.25, -0.2) is 8.78 Å². The Labute approximate surface area is 118 Å². The first-order valence-electron chi connectivity index (χ1n) is 5.43. The average molecular weight is 299 g/mol. The topological polar surface area (TPSA) is 17.1 Å². The molecule has 0 saturated carbocycles. The van der Waals surface area contributed by atoms with E-state index in [1.54, 1.807) is 12.1 Å². The van der Waals surface area contributed by atoms with Crippen molar-refractivity contribution in [2.24, 2.45) is 0 Å². The standard InChI is InChI=1S/C14H9ClF2OS/c15-13-5-4-10(17)7-12(13)14(18)8-19-11-3-1-2-9(16)6-11/h1-7H,8H2. The molecule has 0 heterocycles. The van der Waals surface area contributed by atoms with Gasteiger partial charge < -0.3 is 0 Å². The Balaban J connectivity index is 2.07. The molecule has 0 N–H and O–H groups in total. The third kappa shape index (κ3) is 3.78. The first-order valence-corrected chi connectivity index (χ1v) is 6.79. The van der Waals surface area contributed by atoms with Crippen LogP contribution in [0.25, 0.3) is 0 Å². The van der Waals surface area contributed by atoms with E-state index in [1.807, 2.05) is 0 Å². The van der Waals surface area contributed by atoms with Crippen molar-refractivity contribution in [3.8, 4) is 0 Å². The molecule has 1 nitrogen and oxygen atoms in total. The molecular formula is C14H9ClF2OS. The summed E-state index contributed by atoms with van der Waals surface area (Å²) in [5.74, 6) is -1.09. The Hall–Kier alpha value is -1.39. The number of rotatable bonds is 4. The van der Waals surface area contributed by atoms with Gasteiger partial charge in [0.1, 0.15) is 11.6 Å². The van der Waals surface area contributed by atoms with E-state index in [4.69, 9.17) is 11.6 Å². The molecule has 0 fully saturated rings. The summed E-state index contributed by atoms with van der Waals surface area (Å²) >= 11 is 7.02. The van der Waals surface area contributed by atoms with E-state index in [0.29, 0.717) is 4.90 Å². The van der Waals surface area contributed by atoms with E-state index in [9.17, 15) is 13.6 Å². The monoisotopic (exact) mass is 298 g/mol. The number of Topliss-reactive ketones (excluding diaryl/α,β-unsaturated/α-hetero) is 1. The smallest absolute Gasteiger partial charge is 0.174 e. The molecule has 0 spiro atoms. The zero-order chi connectivity index (χ0) is 13.8. The van der Waals surface area contributed by atoms with E-state index >= 15 is 0 Å². The maximum absolute atomic E-state index is 13.1. The van der Waals surface area contributed by atoms with Gasteiger partial charge in [-0.2, -0.15) is 0 Å². The van der Waals surface area contributed by atoms with Gasteiger partial charge in [0.15, 0.2) is 5.78 Å². The molecule has 0 amide bonds. The molecule has 0 saturated heterocycles. The van der Waals surface area contributed by atoms with E-state index in [0.717, 1.165) is 6.07 Å². The van der Waals surface area contributed by atoms with Crippen LogP contribution in [0.1, 0.15) is 10.4 Å². The second kappa shape index (κ2) is 6.17. The number of hydrogen-bond acceptors (Lipinski definition) is 2. The SMILES string of the molecule is O=C(CSc1cccc(F)c1)c1cc(F)ccc1Cl. The zero-order valence-corrected chi connectivity index (χ0v) is 11.3. The number of ketones is 1. The van der Waals surface area contributed by atoms with Crippen molar-refractivity contribution in [2.75, 3.05) is 5.75 Å². The molecule has 5 heteroatoms. The molecular weight excluding hydrogens is 290 g/mol. The Morgan fingerprint density at radius 1 is 1.11 bits per heavy atom. The van der Waals surface area contributed by atoms with Crippen LogP contribution in [-0.4, -0.2) is 11.5 Å². The van der Waals surface area contributed by atoms with Crippen molar-refractivity contribution in [1.82, 2.24) is 0 Å². The van der Waals surface area contributed by atoms with Gasteiger partial charge in [-0.1, -0.05) is 17.7 Å². The van der Waals surface area contributed by atoms with Crippen LogP contribution in [0.2, 0.25) is 5.02 Å². The summed E-state index contributed by atoms with van der Waals surface area (Å²) in [6, 6.07) is 9.58. The van der Waals surface area contributed by atoms with E-state index in [2.05, 4.69) is 0 Å². The van der Waals surface area contributed by atoms with Crippen LogP contribution in [0.4, 0.5) is 8.78 Å². The van der Waals surface area contributed by atoms with Crippen LogP contribution in [0.15, 0.2) is 47.4 Å². The molecule has 0 unspecified atom stereocenters. The van der Waals surface area contributed by atoms with Crippen LogP contribution in [0.3, 0.4) is 0 Å². The second-order valence-electron chi connectivity index (χ2n) is 3.79. The maximum atomic E-state index is 13.1. The van der Waals surface area contributed by atoms with Crippen LogP contribution < -0.4 is 0 Å². The summed E-state index contributed by atoms with van der Waals surface area (Å²) < 4.78 is 26.0. The van der Waals surface area contributed by atoms with Gasteiger partial charge in [-0.15, -0.1) is 11.8 Å². The summed E-state index contributed by atoms with van der Waals surface area (Å²) in [6.45, 7) is 0. The van der Waals surface area contributed by atoms with Crippen molar-refractivity contribution in [3.63, 3.8) is 0 Å². The quantitative estimate of drug-likeness (QED) is 0.606. The summed E-state index contributed by atoms with van der Waals surface area (Å²) in [7, 11) is 0. The summed E-state index contributed by atoms with van der Waals surface area (Å²) in [5, 5.41) is 0.214. The molecule has 0 aliphatic rings. The normalized spacial score (nSPS) is 10.5. The van der Waals surface area contributed by atoms with Gasteiger partial charge >= 0.3 is 0 Å². The minimum absolute atomic E-state index is 0.0760. The highest BCUT2D eigenvalue weighted by Gasteiger charge is 2.12. The van der Waals surface area contributed by atoms with Crippen LogP contribution in [0, 0.1) is 11.6 Å². The largest absolute Gasteiger partial charge is 0.293 e. The van der Waals surface area contributed by atoms with Gasteiger partial charge in [-0.05, 0) is 36.4 Å². The molecule has 2 aromatic carbocycles. The van der Waals surface area contributed by atoms with Gasteiger partial charge in [-0.3, -0.25) is 4.79 Å². The Kier molecular flexibility index (Phi) is 4.56. The lowest BCUT2D eigenvalue weighted by atomic mass is 10.1. The Morgan fingerprint density at radius 2 is 1.84 bits per heavy atom. The van der Waals surface area contributed by atoms with Gasteiger partial charge in [0.2, 0.25) is 0 Å². The second-order valence-corrected chi connectivity index (χ2v) is 5.25. The lowest BCUT2D eigenvalue weighted by molar-refractivity contribution is 0.102. The fraction of sp³-hybridized carbons (Fsp3) is 0.0714. The maximum Gasteiger partial charge on any atom is 0.174 e. The third-order valence-corrected chi connectivity index (χ3v) is 3.72. The predicted molar refractivity (Wildman–Crippen MR) is 72.9 cm³/mol. The molecule has 0 aromatic heterocycles. The van der Waals surface area contributed by atoms with Gasteiger partial charge in [0, 0.05) is 10.5 Å². The molecule has 98 valence electrons. The lowest BCUT2D eigenvalue weighted by Crippen LogP contribution is -2.03. The molecule has 0 radical (unpaired) electrons. The Morgan fingerprint density at radius 3 is 2.58 bits per heavy atom.